The number of esters is 1. The highest BCUT2D eigenvalue weighted by molar-refractivity contribution is 5.84. The molecule has 3 aromatic carbocycles. The monoisotopic (exact) mass is 401 g/mol. The zero-order valence-corrected chi connectivity index (χ0v) is 16.8. The van der Waals surface area contributed by atoms with Crippen LogP contribution in [0, 0.1) is 0 Å². The number of methoxy groups -OCH3 is 1. The molecule has 3 aromatic rings. The lowest BCUT2D eigenvalue weighted by molar-refractivity contribution is -0.195. The molecule has 1 aliphatic heterocycles. The molecule has 5 nitrogen and oxygen atoms in total. The second-order valence-corrected chi connectivity index (χ2v) is 6.93. The Morgan fingerprint density at radius 3 is 2.27 bits per heavy atom. The fraction of sp³-hybridized carbons (Fsp3) is 0.160. The van der Waals surface area contributed by atoms with Gasteiger partial charge in [-0.05, 0) is 40.0 Å². The van der Waals surface area contributed by atoms with Crippen LogP contribution in [0.3, 0.4) is 0 Å². The van der Waals surface area contributed by atoms with E-state index in [2.05, 4.69) is 43.0 Å². The molecule has 0 bridgehead atoms. The van der Waals surface area contributed by atoms with Crippen LogP contribution in [0.1, 0.15) is 5.56 Å². The third-order valence-corrected chi connectivity index (χ3v) is 5.19. The van der Waals surface area contributed by atoms with Gasteiger partial charge in [0.2, 0.25) is 0 Å². The lowest BCUT2D eigenvalue weighted by atomic mass is 9.92. The van der Waals surface area contributed by atoms with Crippen molar-refractivity contribution in [1.29, 1.82) is 0 Å². The molecule has 1 saturated heterocycles. The fourth-order valence-electron chi connectivity index (χ4n) is 3.64. The van der Waals surface area contributed by atoms with E-state index in [-0.39, 0.29) is 6.79 Å². The van der Waals surface area contributed by atoms with Gasteiger partial charge < -0.3 is 9.47 Å². The van der Waals surface area contributed by atoms with Crippen molar-refractivity contribution in [1.82, 2.24) is 5.06 Å². The largest absolute Gasteiger partial charge is 0.466 e. The van der Waals surface area contributed by atoms with Crippen molar-refractivity contribution in [3.8, 4) is 22.3 Å². The topological polar surface area (TPSA) is 48.0 Å². The molecule has 0 aliphatic carbocycles. The lowest BCUT2D eigenvalue weighted by Gasteiger charge is -2.29. The zero-order chi connectivity index (χ0) is 21.0. The summed E-state index contributed by atoms with van der Waals surface area (Å²) in [7, 11) is 1.32. The molecule has 5 heteroatoms. The molecule has 0 saturated carbocycles. The molecule has 4 rings (SSSR count). The van der Waals surface area contributed by atoms with Crippen LogP contribution in [0.5, 0.6) is 0 Å². The molecule has 1 unspecified atom stereocenters. The molecule has 1 aliphatic rings. The molecule has 30 heavy (non-hydrogen) atoms. The van der Waals surface area contributed by atoms with Crippen LogP contribution in [0.2, 0.25) is 0 Å². The van der Waals surface area contributed by atoms with Crippen LogP contribution >= 0.6 is 0 Å². The second-order valence-electron chi connectivity index (χ2n) is 6.93. The van der Waals surface area contributed by atoms with Gasteiger partial charge in [0.25, 0.3) is 5.72 Å². The number of hydrogen-bond acceptors (Lipinski definition) is 5. The maximum Gasteiger partial charge on any atom is 0.360 e. The minimum Gasteiger partial charge on any atom is -0.466 e. The molecule has 1 fully saturated rings. The molecule has 0 amide bonds. The summed E-state index contributed by atoms with van der Waals surface area (Å²) in [5.74, 6) is -0.570. The fourth-order valence-corrected chi connectivity index (χ4v) is 3.64. The van der Waals surface area contributed by atoms with Gasteiger partial charge in [0.1, 0.15) is 0 Å². The summed E-state index contributed by atoms with van der Waals surface area (Å²) in [4.78, 5) is 17.9. The molecule has 152 valence electrons. The van der Waals surface area contributed by atoms with E-state index in [4.69, 9.17) is 14.3 Å². The third-order valence-electron chi connectivity index (χ3n) is 5.19. The molecule has 0 N–H and O–H groups in total. The first-order valence-electron chi connectivity index (χ1n) is 9.68. The van der Waals surface area contributed by atoms with E-state index in [1.807, 2.05) is 42.5 Å². The summed E-state index contributed by atoms with van der Waals surface area (Å²) in [6.45, 7) is 4.03. The quantitative estimate of drug-likeness (QED) is 0.439. The van der Waals surface area contributed by atoms with Crippen molar-refractivity contribution in [2.75, 3.05) is 13.9 Å². The Balaban J connectivity index is 1.74. The van der Waals surface area contributed by atoms with Crippen LogP contribution in [-0.4, -0.2) is 30.7 Å². The number of hydrogen-bond donors (Lipinski definition) is 0. The number of benzene rings is 3. The van der Waals surface area contributed by atoms with Gasteiger partial charge in [0.15, 0.2) is 6.79 Å². The van der Waals surface area contributed by atoms with Crippen LogP contribution in [-0.2, 0) is 25.7 Å². The third kappa shape index (κ3) is 3.66. The van der Waals surface area contributed by atoms with Gasteiger partial charge in [-0.2, -0.15) is 0 Å². The van der Waals surface area contributed by atoms with E-state index in [0.717, 1.165) is 27.8 Å². The Morgan fingerprint density at radius 1 is 1.03 bits per heavy atom. The number of nitrogens with zero attached hydrogens (tertiary/aromatic N) is 1. The van der Waals surface area contributed by atoms with Crippen molar-refractivity contribution >= 4 is 5.97 Å². The average molecular weight is 401 g/mol. The summed E-state index contributed by atoms with van der Waals surface area (Å²) >= 11 is 0. The van der Waals surface area contributed by atoms with Gasteiger partial charge >= 0.3 is 5.97 Å². The minimum absolute atomic E-state index is 0.0469. The molecule has 1 atom stereocenters. The second kappa shape index (κ2) is 8.63. The summed E-state index contributed by atoms with van der Waals surface area (Å²) < 4.78 is 10.5. The van der Waals surface area contributed by atoms with Gasteiger partial charge in [-0.15, -0.1) is 5.06 Å². The Morgan fingerprint density at radius 2 is 1.67 bits per heavy atom. The van der Waals surface area contributed by atoms with Crippen molar-refractivity contribution in [2.24, 2.45) is 0 Å². The highest BCUT2D eigenvalue weighted by Gasteiger charge is 2.49. The Bertz CT molecular complexity index is 1040. The summed E-state index contributed by atoms with van der Waals surface area (Å²) in [5.41, 5.74) is 3.99. The maximum absolute atomic E-state index is 12.4. The first kappa shape index (κ1) is 20.0. The predicted molar refractivity (Wildman–Crippen MR) is 115 cm³/mol. The summed E-state index contributed by atoms with van der Waals surface area (Å²) in [6, 6.07) is 26.7. The van der Waals surface area contributed by atoms with Crippen LogP contribution in [0.15, 0.2) is 91.5 Å². The number of carbonyl (C=O) groups is 1. The van der Waals surface area contributed by atoms with Crippen LogP contribution in [0.4, 0.5) is 0 Å². The van der Waals surface area contributed by atoms with Gasteiger partial charge in [-0.1, -0.05) is 79.4 Å². The molecular formula is C25H23NO4. The van der Waals surface area contributed by atoms with E-state index in [1.165, 1.54) is 18.2 Å². The highest BCUT2D eigenvalue weighted by atomic mass is 16.9. The van der Waals surface area contributed by atoms with E-state index >= 15 is 0 Å². The standard InChI is InChI=1S/C25H23NO4/c1-3-25(24(27)28-2)26(30-18-29-25)17-19-14-15-22(20-10-6-4-7-11-20)23(16-19)21-12-8-5-9-13-21/h3-16H,1,17-18H2,2H3. The smallest absolute Gasteiger partial charge is 0.360 e. The number of hydroxylamine groups is 2. The zero-order valence-electron chi connectivity index (χ0n) is 16.8. The van der Waals surface area contributed by atoms with E-state index in [9.17, 15) is 4.79 Å². The Kier molecular flexibility index (Phi) is 5.77. The maximum atomic E-state index is 12.4. The first-order chi connectivity index (χ1) is 14.7. The van der Waals surface area contributed by atoms with Crippen molar-refractivity contribution in [3.63, 3.8) is 0 Å². The van der Waals surface area contributed by atoms with Gasteiger partial charge in [0, 0.05) is 0 Å². The van der Waals surface area contributed by atoms with Crippen molar-refractivity contribution in [3.05, 3.63) is 97.1 Å². The van der Waals surface area contributed by atoms with Crippen molar-refractivity contribution in [2.45, 2.75) is 12.3 Å². The Hall–Kier alpha value is -3.25. The van der Waals surface area contributed by atoms with E-state index in [1.54, 1.807) is 0 Å². The van der Waals surface area contributed by atoms with Gasteiger partial charge in [-0.3, -0.25) is 4.84 Å². The van der Waals surface area contributed by atoms with Crippen molar-refractivity contribution < 1.29 is 19.1 Å². The highest BCUT2D eigenvalue weighted by Crippen LogP contribution is 2.35. The van der Waals surface area contributed by atoms with Crippen LogP contribution in [0.25, 0.3) is 22.3 Å². The SMILES string of the molecule is C=CC1(C(=O)OC)OCON1Cc1ccc(-c2ccccc2)c(-c2ccccc2)c1. The predicted octanol–water partition coefficient (Wildman–Crippen LogP) is 4.80. The van der Waals surface area contributed by atoms with Gasteiger partial charge in [0.05, 0.1) is 13.7 Å². The van der Waals surface area contributed by atoms with E-state index < -0.39 is 11.7 Å². The Labute approximate surface area is 176 Å². The average Bonchev–Trinajstić information content (AvgIpc) is 3.23. The molecular weight excluding hydrogens is 378 g/mol. The first-order valence-corrected chi connectivity index (χ1v) is 9.68. The molecule has 0 spiro atoms. The minimum atomic E-state index is -1.46. The number of rotatable bonds is 6. The van der Waals surface area contributed by atoms with Crippen LogP contribution < -0.4 is 0 Å². The van der Waals surface area contributed by atoms with E-state index in [0.29, 0.717) is 6.54 Å². The summed E-state index contributed by atoms with van der Waals surface area (Å²) in [5, 5.41) is 1.47. The summed E-state index contributed by atoms with van der Waals surface area (Å²) in [6.07, 6.45) is 1.41. The number of ether oxygens (including phenoxy) is 2. The lowest BCUT2D eigenvalue weighted by Crippen LogP contribution is -2.49. The number of carbonyl (C=O) groups excluding carboxylic acids is 1. The molecule has 0 aromatic heterocycles. The molecule has 0 radical (unpaired) electrons. The normalized spacial score (nSPS) is 18.8. The van der Waals surface area contributed by atoms with Gasteiger partial charge in [-0.25, -0.2) is 4.79 Å². The molecule has 1 heterocycles.